The zero-order valence-electron chi connectivity index (χ0n) is 7.14. The van der Waals surface area contributed by atoms with E-state index in [0.29, 0.717) is 4.86 Å². The van der Waals surface area contributed by atoms with Gasteiger partial charge in [-0.3, -0.25) is 4.79 Å². The first kappa shape index (κ1) is 10.8. The van der Waals surface area contributed by atoms with Crippen LogP contribution in [0.5, 0.6) is 0 Å². The number of hydrogen-bond acceptors (Lipinski definition) is 2. The van der Waals surface area contributed by atoms with Crippen LogP contribution in [0.2, 0.25) is 0 Å². The van der Waals surface area contributed by atoms with Crippen molar-refractivity contribution >= 4 is 23.4 Å². The average molecular weight is 172 g/mol. The van der Waals surface area contributed by atoms with Crippen LogP contribution in [0.15, 0.2) is 0 Å². The molecule has 0 aromatic carbocycles. The Hall–Kier alpha value is -0.240. The van der Waals surface area contributed by atoms with E-state index >= 15 is 0 Å². The Balaban J connectivity index is 3.01. The molecule has 0 aromatic heterocycles. The maximum atomic E-state index is 10.1. The summed E-state index contributed by atoms with van der Waals surface area (Å²) in [4.78, 5) is 10.7. The molecule has 1 nitrogen and oxygen atoms in total. The van der Waals surface area contributed by atoms with Crippen LogP contribution >= 0.6 is 12.2 Å². The Morgan fingerprint density at radius 2 is 1.91 bits per heavy atom. The van der Waals surface area contributed by atoms with Gasteiger partial charge >= 0.3 is 0 Å². The van der Waals surface area contributed by atoms with Gasteiger partial charge in [0.1, 0.15) is 0 Å². The molecule has 0 heterocycles. The molecule has 64 valence electrons. The van der Waals surface area contributed by atoms with Gasteiger partial charge in [0.25, 0.3) is 0 Å². The number of carbonyl (C=O) groups is 1. The Kier molecular flexibility index (Phi) is 7.69. The molecule has 11 heavy (non-hydrogen) atoms. The molecule has 0 aliphatic heterocycles. The molecule has 0 rings (SSSR count). The Morgan fingerprint density at radius 3 is 2.45 bits per heavy atom. The summed E-state index contributed by atoms with van der Waals surface area (Å²) in [6.45, 7) is 2.19. The zero-order chi connectivity index (χ0) is 8.53. The van der Waals surface area contributed by atoms with Crippen LogP contribution in [0.1, 0.15) is 45.4 Å². The van der Waals surface area contributed by atoms with Crippen molar-refractivity contribution < 1.29 is 4.79 Å². The maximum absolute atomic E-state index is 10.1. The highest BCUT2D eigenvalue weighted by Gasteiger charge is 1.93. The van der Waals surface area contributed by atoms with Gasteiger partial charge in [-0.05, 0) is 12.8 Å². The lowest BCUT2D eigenvalue weighted by molar-refractivity contribution is -0.102. The molecule has 0 saturated carbocycles. The summed E-state index contributed by atoms with van der Waals surface area (Å²) < 4.78 is 0. The zero-order valence-corrected chi connectivity index (χ0v) is 7.95. The Bertz CT molecular complexity index is 121. The van der Waals surface area contributed by atoms with Gasteiger partial charge in [-0.2, -0.15) is 0 Å². The molecule has 0 N–H and O–H groups in total. The number of unbranched alkanes of at least 4 members (excludes halogenated alkanes) is 4. The minimum absolute atomic E-state index is 0.571. The van der Waals surface area contributed by atoms with Crippen LogP contribution in [0.4, 0.5) is 0 Å². The summed E-state index contributed by atoms with van der Waals surface area (Å²) in [7, 11) is 0. The van der Waals surface area contributed by atoms with Crippen molar-refractivity contribution in [2.24, 2.45) is 0 Å². The normalized spacial score (nSPS) is 9.55. The van der Waals surface area contributed by atoms with Crippen molar-refractivity contribution in [3.63, 3.8) is 0 Å². The maximum Gasteiger partial charge on any atom is 0.156 e. The Morgan fingerprint density at radius 1 is 1.27 bits per heavy atom. The number of aldehydes is 1. The van der Waals surface area contributed by atoms with Crippen LogP contribution in [-0.2, 0) is 4.79 Å². The van der Waals surface area contributed by atoms with Crippen molar-refractivity contribution in [1.82, 2.24) is 0 Å². The van der Waals surface area contributed by atoms with Crippen molar-refractivity contribution in [3.05, 3.63) is 0 Å². The fraction of sp³-hybridized carbons (Fsp3) is 0.778. The van der Waals surface area contributed by atoms with E-state index in [1.54, 1.807) is 0 Å². The van der Waals surface area contributed by atoms with E-state index in [4.69, 9.17) is 12.2 Å². The predicted molar refractivity (Wildman–Crippen MR) is 52.0 cm³/mol. The summed E-state index contributed by atoms with van der Waals surface area (Å²) in [6, 6.07) is 0. The molecular formula is C9H16OS. The first-order chi connectivity index (χ1) is 5.31. The summed E-state index contributed by atoms with van der Waals surface area (Å²) in [5.74, 6) is 0. The molecule has 0 atom stereocenters. The second kappa shape index (κ2) is 7.86. The van der Waals surface area contributed by atoms with Gasteiger partial charge < -0.3 is 0 Å². The van der Waals surface area contributed by atoms with Crippen LogP contribution in [-0.4, -0.2) is 11.2 Å². The quantitative estimate of drug-likeness (QED) is 0.334. The molecule has 0 aliphatic carbocycles. The van der Waals surface area contributed by atoms with E-state index < -0.39 is 0 Å². The molecule has 0 radical (unpaired) electrons. The summed E-state index contributed by atoms with van der Waals surface area (Å²) in [5.41, 5.74) is 0. The molecule has 0 fully saturated rings. The van der Waals surface area contributed by atoms with E-state index in [1.807, 2.05) is 0 Å². The highest BCUT2D eigenvalue weighted by molar-refractivity contribution is 7.81. The SMILES string of the molecule is CCCCCCCC(=S)C=O. The third kappa shape index (κ3) is 7.66. The second-order valence-electron chi connectivity index (χ2n) is 2.75. The van der Waals surface area contributed by atoms with Gasteiger partial charge in [0.15, 0.2) is 6.29 Å². The lowest BCUT2D eigenvalue weighted by Gasteiger charge is -1.96. The second-order valence-corrected chi connectivity index (χ2v) is 3.27. The van der Waals surface area contributed by atoms with Crippen LogP contribution in [0, 0.1) is 0 Å². The lowest BCUT2D eigenvalue weighted by Crippen LogP contribution is -1.94. The highest BCUT2D eigenvalue weighted by atomic mass is 32.1. The number of thiocarbonyl (C=S) groups is 1. The van der Waals surface area contributed by atoms with Crippen LogP contribution < -0.4 is 0 Å². The summed E-state index contributed by atoms with van der Waals surface area (Å²) >= 11 is 4.77. The van der Waals surface area contributed by atoms with Gasteiger partial charge in [0, 0.05) is 0 Å². The molecule has 0 spiro atoms. The minimum atomic E-state index is 0.571. The van der Waals surface area contributed by atoms with Crippen LogP contribution in [0.25, 0.3) is 0 Å². The first-order valence-electron chi connectivity index (χ1n) is 4.29. The van der Waals surface area contributed by atoms with Gasteiger partial charge in [0.2, 0.25) is 0 Å². The van der Waals surface area contributed by atoms with Gasteiger partial charge in [0.05, 0.1) is 4.86 Å². The minimum Gasteiger partial charge on any atom is -0.297 e. The lowest BCUT2D eigenvalue weighted by atomic mass is 10.1. The largest absolute Gasteiger partial charge is 0.297 e. The topological polar surface area (TPSA) is 17.1 Å². The van der Waals surface area contributed by atoms with E-state index in [-0.39, 0.29) is 0 Å². The molecule has 0 aliphatic rings. The molecular weight excluding hydrogens is 156 g/mol. The molecule has 0 amide bonds. The third-order valence-corrected chi connectivity index (χ3v) is 1.96. The van der Waals surface area contributed by atoms with Crippen LogP contribution in [0.3, 0.4) is 0 Å². The highest BCUT2D eigenvalue weighted by Crippen LogP contribution is 2.05. The molecule has 0 aromatic rings. The molecule has 0 saturated heterocycles. The van der Waals surface area contributed by atoms with Gasteiger partial charge in [-0.25, -0.2) is 0 Å². The molecule has 0 unspecified atom stereocenters. The summed E-state index contributed by atoms with van der Waals surface area (Å²) in [5, 5.41) is 0. The average Bonchev–Trinajstić information content (AvgIpc) is 2.04. The van der Waals surface area contributed by atoms with Crippen molar-refractivity contribution in [1.29, 1.82) is 0 Å². The first-order valence-corrected chi connectivity index (χ1v) is 4.70. The van der Waals surface area contributed by atoms with Gasteiger partial charge in [-0.1, -0.05) is 44.8 Å². The monoisotopic (exact) mass is 172 g/mol. The predicted octanol–water partition coefficient (Wildman–Crippen LogP) is 2.92. The number of hydrogen-bond donors (Lipinski definition) is 0. The Labute approximate surface area is 74.2 Å². The van der Waals surface area contributed by atoms with Gasteiger partial charge in [-0.15, -0.1) is 0 Å². The standard InChI is InChI=1S/C9H16OS/c1-2-3-4-5-6-7-9(11)8-10/h8H,2-7H2,1H3. The third-order valence-electron chi connectivity index (χ3n) is 1.66. The summed E-state index contributed by atoms with van der Waals surface area (Å²) in [6.07, 6.45) is 7.72. The van der Waals surface area contributed by atoms with E-state index in [1.165, 1.54) is 25.7 Å². The smallest absolute Gasteiger partial charge is 0.156 e. The van der Waals surface area contributed by atoms with E-state index in [9.17, 15) is 4.79 Å². The number of rotatable bonds is 7. The fourth-order valence-electron chi connectivity index (χ4n) is 0.962. The molecule has 0 bridgehead atoms. The molecule has 2 heteroatoms. The fourth-order valence-corrected chi connectivity index (χ4v) is 1.11. The van der Waals surface area contributed by atoms with E-state index in [2.05, 4.69) is 6.92 Å². The number of carbonyl (C=O) groups excluding carboxylic acids is 1. The van der Waals surface area contributed by atoms with Crippen molar-refractivity contribution in [2.45, 2.75) is 45.4 Å². The van der Waals surface area contributed by atoms with Crippen molar-refractivity contribution in [3.8, 4) is 0 Å². The van der Waals surface area contributed by atoms with Crippen molar-refractivity contribution in [2.75, 3.05) is 0 Å². The van der Waals surface area contributed by atoms with E-state index in [0.717, 1.165) is 19.1 Å².